The molecule has 0 spiro atoms. The number of hydrogen-bond donors (Lipinski definition) is 0. The van der Waals surface area contributed by atoms with Crippen LogP contribution < -0.4 is 0 Å². The van der Waals surface area contributed by atoms with E-state index in [2.05, 4.69) is 90.9 Å². The van der Waals surface area contributed by atoms with Crippen molar-refractivity contribution in [3.8, 4) is 0 Å². The van der Waals surface area contributed by atoms with Crippen LogP contribution in [0.4, 0.5) is 5.69 Å². The van der Waals surface area contributed by atoms with Gasteiger partial charge in [-0.15, -0.1) is 0 Å². The number of benzene rings is 3. The molecule has 5 rings (SSSR count). The molecule has 1 aromatic heterocycles. The van der Waals surface area contributed by atoms with Crippen LogP contribution in [0, 0.1) is 11.8 Å². The number of rotatable bonds is 3. The van der Waals surface area contributed by atoms with E-state index in [1.807, 2.05) is 94.9 Å². The number of sulfonamides is 1. The zero-order valence-electron chi connectivity index (χ0n) is 30.1. The molecular formula is C39H62NO2S2+. The molecule has 0 radical (unpaired) electrons. The molecule has 2 heterocycles. The molecule has 0 bridgehead atoms. The highest BCUT2D eigenvalue weighted by molar-refractivity contribution is 7.84. The van der Waals surface area contributed by atoms with Crippen LogP contribution in [0.1, 0.15) is 113 Å². The summed E-state index contributed by atoms with van der Waals surface area (Å²) in [6.07, 6.45) is 3.05. The summed E-state index contributed by atoms with van der Waals surface area (Å²) in [4.78, 5) is 0. The Labute approximate surface area is 276 Å². The summed E-state index contributed by atoms with van der Waals surface area (Å²) in [7, 11) is -3.20. The fraction of sp³-hybridized carbons (Fsp3) is 0.462. The lowest BCUT2D eigenvalue weighted by Gasteiger charge is -2.08. The molecule has 3 nitrogen and oxygen atoms in total. The van der Waals surface area contributed by atoms with E-state index in [0.717, 1.165) is 17.2 Å². The smallest absolute Gasteiger partial charge is 0.163 e. The van der Waals surface area contributed by atoms with E-state index in [0.29, 0.717) is 11.8 Å². The highest BCUT2D eigenvalue weighted by Gasteiger charge is 2.37. The fourth-order valence-electron chi connectivity index (χ4n) is 3.89. The van der Waals surface area contributed by atoms with Gasteiger partial charge in [-0.3, -0.25) is 0 Å². The van der Waals surface area contributed by atoms with E-state index in [4.69, 9.17) is 0 Å². The van der Waals surface area contributed by atoms with E-state index in [-0.39, 0.29) is 5.92 Å². The predicted molar refractivity (Wildman–Crippen MR) is 202 cm³/mol. The minimum atomic E-state index is -3.20. The summed E-state index contributed by atoms with van der Waals surface area (Å²) in [5.41, 5.74) is 3.31. The van der Waals surface area contributed by atoms with E-state index < -0.39 is 10.0 Å². The molecular weight excluding hydrogens is 579 g/mol. The Hall–Kier alpha value is -2.76. The quantitative estimate of drug-likeness (QED) is 0.209. The topological polar surface area (TPSA) is 37.1 Å². The molecule has 0 saturated heterocycles. The van der Waals surface area contributed by atoms with Gasteiger partial charge in [0, 0.05) is 11.6 Å². The first kappa shape index (κ1) is 43.4. The van der Waals surface area contributed by atoms with Crippen LogP contribution in [-0.4, -0.2) is 24.9 Å². The summed E-state index contributed by atoms with van der Waals surface area (Å²) in [5, 5.41) is 6.75. The lowest BCUT2D eigenvalue weighted by Crippen LogP contribution is -2.14. The van der Waals surface area contributed by atoms with E-state index >= 15 is 0 Å². The molecule has 1 aliphatic heterocycles. The van der Waals surface area contributed by atoms with Gasteiger partial charge in [-0.05, 0) is 44.8 Å². The van der Waals surface area contributed by atoms with E-state index in [1.165, 1.54) is 26.6 Å². The Morgan fingerprint density at radius 3 is 1.57 bits per heavy atom. The van der Waals surface area contributed by atoms with Gasteiger partial charge in [-0.1, -0.05) is 167 Å². The highest BCUT2D eigenvalue weighted by atomic mass is 32.2. The Morgan fingerprint density at radius 2 is 1.14 bits per heavy atom. The number of nitrogens with zero attached hydrogens (tertiary/aromatic N) is 1. The minimum Gasteiger partial charge on any atom is -0.163 e. The maximum absolute atomic E-state index is 11.7. The molecule has 246 valence electrons. The van der Waals surface area contributed by atoms with Crippen molar-refractivity contribution in [1.82, 2.24) is 0 Å². The maximum atomic E-state index is 11.7. The van der Waals surface area contributed by atoms with Crippen molar-refractivity contribution in [2.75, 3.05) is 6.26 Å². The first-order valence-corrected chi connectivity index (χ1v) is 19.1. The number of hydrogen-bond acceptors (Lipinski definition) is 3. The van der Waals surface area contributed by atoms with Gasteiger partial charge < -0.3 is 0 Å². The Kier molecular flexibility index (Phi) is 24.2. The van der Waals surface area contributed by atoms with E-state index in [1.54, 1.807) is 11.3 Å². The summed E-state index contributed by atoms with van der Waals surface area (Å²) >= 11 is 1.71. The predicted octanol–water partition coefficient (Wildman–Crippen LogP) is 12.6. The second kappa shape index (κ2) is 24.5. The molecule has 1 atom stereocenters. The van der Waals surface area contributed by atoms with Crippen LogP contribution in [0.2, 0.25) is 0 Å². The molecule has 0 fully saturated rings. The van der Waals surface area contributed by atoms with Crippen LogP contribution in [0.5, 0.6) is 0 Å². The largest absolute Gasteiger partial charge is 0.366 e. The van der Waals surface area contributed by atoms with Crippen LogP contribution >= 0.6 is 11.3 Å². The van der Waals surface area contributed by atoms with Gasteiger partial charge in [-0.25, -0.2) is 0 Å². The lowest BCUT2D eigenvalue weighted by atomic mass is 9.91. The SMILES string of the molecule is CC.CC.CC.CC(C)C.CC(C)C1C=[N+](S(C)(=O)=O)c2ccccc21.CC(C)c1ccc2ccccc2c1.c1ccsc1. The maximum Gasteiger partial charge on any atom is 0.366 e. The molecule has 5 heteroatoms. The van der Waals surface area contributed by atoms with Crippen LogP contribution in [0.25, 0.3) is 10.8 Å². The van der Waals surface area contributed by atoms with Crippen molar-refractivity contribution in [1.29, 1.82) is 0 Å². The summed E-state index contributed by atoms with van der Waals surface area (Å²) in [5.74, 6) is 2.03. The zero-order valence-corrected chi connectivity index (χ0v) is 31.8. The van der Waals surface area contributed by atoms with Gasteiger partial charge in [0.25, 0.3) is 0 Å². The van der Waals surface area contributed by atoms with Crippen molar-refractivity contribution >= 4 is 44.0 Å². The molecule has 0 saturated carbocycles. The summed E-state index contributed by atoms with van der Waals surface area (Å²) in [6.45, 7) is 27.2. The summed E-state index contributed by atoms with van der Waals surface area (Å²) < 4.78 is 24.7. The average molecular weight is 641 g/mol. The highest BCUT2D eigenvalue weighted by Crippen LogP contribution is 2.36. The minimum absolute atomic E-state index is 0.186. The zero-order chi connectivity index (χ0) is 34.3. The Balaban J connectivity index is 0. The second-order valence-corrected chi connectivity index (χ2v) is 13.5. The van der Waals surface area contributed by atoms with Crippen LogP contribution in [0.15, 0.2) is 89.6 Å². The third-order valence-electron chi connectivity index (χ3n) is 5.77. The second-order valence-electron chi connectivity index (χ2n) is 10.8. The third kappa shape index (κ3) is 16.4. The molecule has 0 N–H and O–H groups in total. The first-order valence-electron chi connectivity index (χ1n) is 16.3. The van der Waals surface area contributed by atoms with Gasteiger partial charge in [0.2, 0.25) is 5.69 Å². The molecule has 1 unspecified atom stereocenters. The molecule has 3 aromatic carbocycles. The number of para-hydroxylation sites is 1. The van der Waals surface area contributed by atoms with Crippen molar-refractivity contribution in [3.05, 3.63) is 101 Å². The van der Waals surface area contributed by atoms with Crippen molar-refractivity contribution in [2.24, 2.45) is 11.8 Å². The van der Waals surface area contributed by atoms with Gasteiger partial charge in [-0.2, -0.15) is 19.8 Å². The normalized spacial score (nSPS) is 12.6. The molecule has 4 aromatic rings. The first-order chi connectivity index (χ1) is 20.9. The monoisotopic (exact) mass is 640 g/mol. The average Bonchev–Trinajstić information content (AvgIpc) is 3.72. The summed E-state index contributed by atoms with van der Waals surface area (Å²) in [6, 6.07) is 26.9. The van der Waals surface area contributed by atoms with Gasteiger partial charge in [0.1, 0.15) is 0 Å². The van der Waals surface area contributed by atoms with Crippen LogP contribution in [0.3, 0.4) is 0 Å². The molecule has 1 aliphatic rings. The molecule has 0 amide bonds. The third-order valence-corrected chi connectivity index (χ3v) is 7.43. The van der Waals surface area contributed by atoms with Crippen molar-refractivity contribution in [2.45, 2.75) is 102 Å². The molecule has 0 aliphatic carbocycles. The van der Waals surface area contributed by atoms with Crippen molar-refractivity contribution < 1.29 is 12.4 Å². The number of thiophene rings is 1. The van der Waals surface area contributed by atoms with Crippen molar-refractivity contribution in [3.63, 3.8) is 0 Å². The van der Waals surface area contributed by atoms with Gasteiger partial charge in [0.15, 0.2) is 6.21 Å². The van der Waals surface area contributed by atoms with Gasteiger partial charge in [0.05, 0.1) is 12.2 Å². The number of fused-ring (bicyclic) bond motifs is 2. The van der Waals surface area contributed by atoms with Gasteiger partial charge >= 0.3 is 10.0 Å². The molecule has 44 heavy (non-hydrogen) atoms. The van der Waals surface area contributed by atoms with E-state index in [9.17, 15) is 8.42 Å². The van der Waals surface area contributed by atoms with Crippen LogP contribution in [-0.2, 0) is 10.0 Å². The Morgan fingerprint density at radius 1 is 0.659 bits per heavy atom. The Bertz CT molecular complexity index is 1370. The standard InChI is InChI=1S/C13H14.C12H16NO2S.C4H4S.C4H10.3C2H6/c1-10(2)12-8-7-11-5-3-4-6-13(11)9-12;1-9(2)11-8-13(16(3,14)15)12-7-5-4-6-10(11)12;1-2-4-5-3-1;1-4(2)3;3*1-2/h3-10H,1-2H3;4-9,11H,1-3H3;1-4H;4H,1-3H3;3*1-2H3/q;+1;;;;;. The lowest BCUT2D eigenvalue weighted by molar-refractivity contribution is -0.250. The fourth-order valence-corrected chi connectivity index (χ4v) is 5.22.